The molecule has 0 atom stereocenters. The zero-order valence-corrected chi connectivity index (χ0v) is 17.9. The average Bonchev–Trinajstić information content (AvgIpc) is 2.75. The lowest BCUT2D eigenvalue weighted by Crippen LogP contribution is -2.33. The van der Waals surface area contributed by atoms with Gasteiger partial charge in [-0.25, -0.2) is 0 Å². The summed E-state index contributed by atoms with van der Waals surface area (Å²) < 4.78 is 0.945. The fourth-order valence-electron chi connectivity index (χ4n) is 3.41. The van der Waals surface area contributed by atoms with E-state index in [1.165, 1.54) is 12.8 Å². The monoisotopic (exact) mass is 450 g/mol. The highest BCUT2D eigenvalue weighted by Gasteiger charge is 2.17. The molecular weight excluding hydrogens is 428 g/mol. The average molecular weight is 451 g/mol. The number of halogens is 1. The van der Waals surface area contributed by atoms with Crippen LogP contribution in [0, 0.1) is 5.92 Å². The van der Waals surface area contributed by atoms with Gasteiger partial charge in [-0.3, -0.25) is 4.79 Å². The van der Waals surface area contributed by atoms with Gasteiger partial charge in [-0.2, -0.15) is 0 Å². The quantitative estimate of drug-likeness (QED) is 0.578. The molecule has 0 radical (unpaired) electrons. The van der Waals surface area contributed by atoms with Gasteiger partial charge in [0.15, 0.2) is 5.82 Å². The Balaban J connectivity index is 1.41. The molecule has 0 aliphatic carbocycles. The summed E-state index contributed by atoms with van der Waals surface area (Å²) in [4.78, 5) is 14.6. The molecule has 0 bridgehead atoms. The van der Waals surface area contributed by atoms with Gasteiger partial charge in [0, 0.05) is 34.4 Å². The van der Waals surface area contributed by atoms with E-state index in [2.05, 4.69) is 43.3 Å². The van der Waals surface area contributed by atoms with Gasteiger partial charge in [0.2, 0.25) is 0 Å². The van der Waals surface area contributed by atoms with Crippen molar-refractivity contribution in [1.29, 1.82) is 0 Å². The van der Waals surface area contributed by atoms with E-state index in [9.17, 15) is 4.79 Å². The number of rotatable bonds is 4. The van der Waals surface area contributed by atoms with Crippen molar-refractivity contribution in [3.8, 4) is 11.3 Å². The Morgan fingerprint density at radius 1 is 0.966 bits per heavy atom. The summed E-state index contributed by atoms with van der Waals surface area (Å²) in [6.07, 6.45) is 2.41. The van der Waals surface area contributed by atoms with Gasteiger partial charge in [-0.15, -0.1) is 10.2 Å². The van der Waals surface area contributed by atoms with Gasteiger partial charge in [0.1, 0.15) is 0 Å². The highest BCUT2D eigenvalue weighted by atomic mass is 79.9. The summed E-state index contributed by atoms with van der Waals surface area (Å²) in [6, 6.07) is 19.0. The molecule has 0 unspecified atom stereocenters. The van der Waals surface area contributed by atoms with Gasteiger partial charge in [-0.1, -0.05) is 35.0 Å². The Bertz CT molecular complexity index is 963. The van der Waals surface area contributed by atoms with Crippen LogP contribution in [0.25, 0.3) is 11.3 Å². The molecule has 6 heteroatoms. The van der Waals surface area contributed by atoms with E-state index >= 15 is 0 Å². The summed E-state index contributed by atoms with van der Waals surface area (Å²) >= 11 is 3.38. The van der Waals surface area contributed by atoms with E-state index in [4.69, 9.17) is 0 Å². The molecule has 148 valence electrons. The maximum absolute atomic E-state index is 12.3. The van der Waals surface area contributed by atoms with Gasteiger partial charge >= 0.3 is 0 Å². The molecule has 1 amide bonds. The molecule has 1 saturated heterocycles. The van der Waals surface area contributed by atoms with Crippen LogP contribution in [0.2, 0.25) is 0 Å². The van der Waals surface area contributed by atoms with Gasteiger partial charge < -0.3 is 10.2 Å². The zero-order valence-electron chi connectivity index (χ0n) is 16.3. The number of nitrogens with zero attached hydrogens (tertiary/aromatic N) is 3. The summed E-state index contributed by atoms with van der Waals surface area (Å²) in [5, 5.41) is 11.7. The largest absolute Gasteiger partial charge is 0.355 e. The molecule has 0 spiro atoms. The zero-order chi connectivity index (χ0) is 20.2. The van der Waals surface area contributed by atoms with Crippen molar-refractivity contribution in [3.05, 3.63) is 70.7 Å². The summed E-state index contributed by atoms with van der Waals surface area (Å²) in [7, 11) is 0. The van der Waals surface area contributed by atoms with E-state index in [0.717, 1.165) is 46.2 Å². The van der Waals surface area contributed by atoms with Crippen molar-refractivity contribution in [3.63, 3.8) is 0 Å². The number of hydrogen-bond acceptors (Lipinski definition) is 4. The number of aromatic nitrogens is 2. The van der Waals surface area contributed by atoms with Crippen LogP contribution >= 0.6 is 15.9 Å². The van der Waals surface area contributed by atoms with Gasteiger partial charge in [-0.05, 0) is 67.3 Å². The first kappa shape index (κ1) is 19.6. The Hall–Kier alpha value is -2.73. The molecule has 4 rings (SSSR count). The van der Waals surface area contributed by atoms with Crippen LogP contribution in [0.5, 0.6) is 0 Å². The molecule has 1 aliphatic rings. The second kappa shape index (κ2) is 8.74. The third-order valence-corrected chi connectivity index (χ3v) is 5.83. The highest BCUT2D eigenvalue weighted by Crippen LogP contribution is 2.24. The predicted octanol–water partition coefficient (Wildman–Crippen LogP) is 5.39. The van der Waals surface area contributed by atoms with Crippen molar-refractivity contribution in [2.45, 2.75) is 19.8 Å². The standard InChI is InChI=1S/C23H23BrN4O/c1-16-12-14-28(15-13-16)22-11-10-21(26-27-22)17-4-8-20(9-5-17)25-23(29)18-2-6-19(24)7-3-18/h2-11,16H,12-15H2,1H3,(H,25,29). The number of anilines is 2. The first-order valence-corrected chi connectivity index (χ1v) is 10.6. The third kappa shape index (κ3) is 4.82. The van der Waals surface area contributed by atoms with Gasteiger partial charge in [0.25, 0.3) is 5.91 Å². The fraction of sp³-hybridized carbons (Fsp3) is 0.261. The normalized spacial score (nSPS) is 14.6. The number of hydrogen-bond donors (Lipinski definition) is 1. The second-order valence-electron chi connectivity index (χ2n) is 7.48. The van der Waals surface area contributed by atoms with Crippen molar-refractivity contribution in [1.82, 2.24) is 10.2 Å². The SMILES string of the molecule is CC1CCN(c2ccc(-c3ccc(NC(=O)c4ccc(Br)cc4)cc3)nn2)CC1. The van der Waals surface area contributed by atoms with Gasteiger partial charge in [0.05, 0.1) is 5.69 Å². The van der Waals surface area contributed by atoms with Crippen LogP contribution < -0.4 is 10.2 Å². The lowest BCUT2D eigenvalue weighted by atomic mass is 9.99. The molecule has 5 nitrogen and oxygen atoms in total. The minimum Gasteiger partial charge on any atom is -0.355 e. The molecule has 2 heterocycles. The van der Waals surface area contributed by atoms with E-state index in [0.29, 0.717) is 5.56 Å². The number of benzene rings is 2. The molecular formula is C23H23BrN4O. The molecule has 29 heavy (non-hydrogen) atoms. The maximum Gasteiger partial charge on any atom is 0.255 e. The Morgan fingerprint density at radius 2 is 1.66 bits per heavy atom. The highest BCUT2D eigenvalue weighted by molar-refractivity contribution is 9.10. The third-order valence-electron chi connectivity index (χ3n) is 5.30. The van der Waals surface area contributed by atoms with Crippen LogP contribution in [0.1, 0.15) is 30.1 Å². The number of nitrogens with one attached hydrogen (secondary N) is 1. The lowest BCUT2D eigenvalue weighted by Gasteiger charge is -2.30. The first-order valence-electron chi connectivity index (χ1n) is 9.84. The van der Waals surface area contributed by atoms with E-state index in [1.807, 2.05) is 48.5 Å². The molecule has 1 aliphatic heterocycles. The predicted molar refractivity (Wildman–Crippen MR) is 120 cm³/mol. The van der Waals surface area contributed by atoms with E-state index < -0.39 is 0 Å². The number of amides is 1. The van der Waals surface area contributed by atoms with Crippen LogP contribution in [-0.4, -0.2) is 29.2 Å². The number of carbonyl (C=O) groups is 1. The molecule has 1 aromatic heterocycles. The molecule has 0 saturated carbocycles. The van der Waals surface area contributed by atoms with Crippen molar-refractivity contribution in [2.24, 2.45) is 5.92 Å². The summed E-state index contributed by atoms with van der Waals surface area (Å²) in [5.74, 6) is 1.60. The second-order valence-corrected chi connectivity index (χ2v) is 8.40. The van der Waals surface area contributed by atoms with Crippen molar-refractivity contribution < 1.29 is 4.79 Å². The number of piperidine rings is 1. The van der Waals surface area contributed by atoms with E-state index in [1.54, 1.807) is 12.1 Å². The summed E-state index contributed by atoms with van der Waals surface area (Å²) in [6.45, 7) is 4.39. The van der Waals surface area contributed by atoms with Crippen LogP contribution in [-0.2, 0) is 0 Å². The topological polar surface area (TPSA) is 58.1 Å². The molecule has 3 aromatic rings. The number of carbonyl (C=O) groups excluding carboxylic acids is 1. The van der Waals surface area contributed by atoms with Crippen molar-refractivity contribution >= 4 is 33.3 Å². The Labute approximate surface area is 179 Å². The minimum absolute atomic E-state index is 0.134. The van der Waals surface area contributed by atoms with Crippen LogP contribution in [0.3, 0.4) is 0 Å². The summed E-state index contributed by atoms with van der Waals surface area (Å²) in [5.41, 5.74) is 3.15. The molecule has 1 N–H and O–H groups in total. The first-order chi connectivity index (χ1) is 14.1. The molecule has 1 fully saturated rings. The maximum atomic E-state index is 12.3. The van der Waals surface area contributed by atoms with Crippen LogP contribution in [0.4, 0.5) is 11.5 Å². The van der Waals surface area contributed by atoms with Crippen molar-refractivity contribution in [2.75, 3.05) is 23.3 Å². The Kier molecular flexibility index (Phi) is 5.90. The molecule has 2 aromatic carbocycles. The van der Waals surface area contributed by atoms with Crippen LogP contribution in [0.15, 0.2) is 65.1 Å². The fourth-order valence-corrected chi connectivity index (χ4v) is 3.68. The lowest BCUT2D eigenvalue weighted by molar-refractivity contribution is 0.102. The van der Waals surface area contributed by atoms with E-state index in [-0.39, 0.29) is 5.91 Å². The smallest absolute Gasteiger partial charge is 0.255 e. The Morgan fingerprint density at radius 3 is 2.28 bits per heavy atom. The minimum atomic E-state index is -0.134.